The number of amides is 1. The lowest BCUT2D eigenvalue weighted by atomic mass is 10.1. The summed E-state index contributed by atoms with van der Waals surface area (Å²) < 4.78 is 0. The molecule has 4 nitrogen and oxygen atoms in total. The van der Waals surface area contributed by atoms with Crippen molar-refractivity contribution in [3.8, 4) is 0 Å². The lowest BCUT2D eigenvalue weighted by Crippen LogP contribution is -2.25. The second kappa shape index (κ2) is 5.89. The molecule has 0 saturated carbocycles. The normalized spacial score (nSPS) is 11.2. The number of carbonyl (C=O) groups is 1. The van der Waals surface area contributed by atoms with Crippen LogP contribution in [0.15, 0.2) is 54.7 Å². The molecular weight excluding hydrogens is 298 g/mol. The predicted octanol–water partition coefficient (Wildman–Crippen LogP) is 3.93. The van der Waals surface area contributed by atoms with Crippen LogP contribution < -0.4 is 5.32 Å². The van der Waals surface area contributed by atoms with E-state index in [2.05, 4.69) is 39.6 Å². The predicted molar refractivity (Wildman–Crippen MR) is 97.4 cm³/mol. The average Bonchev–Trinajstić information content (AvgIpc) is 3.18. The van der Waals surface area contributed by atoms with Crippen molar-refractivity contribution in [3.05, 3.63) is 71.5 Å². The van der Waals surface area contributed by atoms with E-state index in [1.807, 2.05) is 37.4 Å². The first kappa shape index (κ1) is 14.6. The summed E-state index contributed by atoms with van der Waals surface area (Å²) in [5, 5.41) is 5.27. The van der Waals surface area contributed by atoms with Crippen LogP contribution in [0.1, 0.15) is 21.6 Å². The number of carbonyl (C=O) groups excluding carboxylic acids is 1. The molecule has 2 heterocycles. The Morgan fingerprint density at radius 3 is 2.88 bits per heavy atom. The molecule has 0 aliphatic rings. The summed E-state index contributed by atoms with van der Waals surface area (Å²) in [4.78, 5) is 18.8. The van der Waals surface area contributed by atoms with Gasteiger partial charge >= 0.3 is 0 Å². The number of aromatic nitrogens is 2. The van der Waals surface area contributed by atoms with Gasteiger partial charge in [0.2, 0.25) is 0 Å². The molecule has 0 aliphatic carbocycles. The number of aromatic amines is 2. The third kappa shape index (κ3) is 2.67. The largest absolute Gasteiger partial charge is 0.361 e. The Morgan fingerprint density at radius 2 is 1.96 bits per heavy atom. The van der Waals surface area contributed by atoms with Gasteiger partial charge in [-0.15, -0.1) is 0 Å². The monoisotopic (exact) mass is 317 g/mol. The van der Waals surface area contributed by atoms with E-state index in [1.165, 1.54) is 16.5 Å². The number of rotatable bonds is 4. The molecule has 24 heavy (non-hydrogen) atoms. The summed E-state index contributed by atoms with van der Waals surface area (Å²) in [6.45, 7) is 2.65. The van der Waals surface area contributed by atoms with E-state index in [0.29, 0.717) is 12.2 Å². The van der Waals surface area contributed by atoms with E-state index in [0.717, 1.165) is 22.8 Å². The van der Waals surface area contributed by atoms with Gasteiger partial charge in [0.05, 0.1) is 0 Å². The Hall–Kier alpha value is -3.01. The van der Waals surface area contributed by atoms with Crippen LogP contribution in [0, 0.1) is 6.92 Å². The molecule has 0 fully saturated rings. The maximum atomic E-state index is 12.3. The molecular formula is C20H19N3O. The second-order valence-corrected chi connectivity index (χ2v) is 6.14. The van der Waals surface area contributed by atoms with Gasteiger partial charge in [0, 0.05) is 34.5 Å². The molecule has 4 heteroatoms. The van der Waals surface area contributed by atoms with Crippen molar-refractivity contribution in [1.82, 2.24) is 15.3 Å². The second-order valence-electron chi connectivity index (χ2n) is 6.14. The highest BCUT2D eigenvalue weighted by Gasteiger charge is 2.10. The minimum Gasteiger partial charge on any atom is -0.361 e. The SMILES string of the molecule is Cc1ccc2cc(C(=O)NCCc3c[nH]c4ccccc34)[nH]c2c1. The third-order valence-corrected chi connectivity index (χ3v) is 4.38. The summed E-state index contributed by atoms with van der Waals surface area (Å²) in [5.74, 6) is -0.0660. The van der Waals surface area contributed by atoms with E-state index in [9.17, 15) is 4.79 Å². The smallest absolute Gasteiger partial charge is 0.267 e. The van der Waals surface area contributed by atoms with E-state index in [1.54, 1.807) is 0 Å². The third-order valence-electron chi connectivity index (χ3n) is 4.38. The fourth-order valence-corrected chi connectivity index (χ4v) is 3.11. The van der Waals surface area contributed by atoms with Gasteiger partial charge in [-0.2, -0.15) is 0 Å². The Kier molecular flexibility index (Phi) is 3.58. The highest BCUT2D eigenvalue weighted by atomic mass is 16.1. The van der Waals surface area contributed by atoms with Gasteiger partial charge in [-0.05, 0) is 42.7 Å². The van der Waals surface area contributed by atoms with Crippen molar-refractivity contribution in [3.63, 3.8) is 0 Å². The zero-order chi connectivity index (χ0) is 16.5. The van der Waals surface area contributed by atoms with Crippen LogP contribution in [-0.4, -0.2) is 22.4 Å². The molecule has 0 atom stereocenters. The van der Waals surface area contributed by atoms with E-state index in [4.69, 9.17) is 0 Å². The van der Waals surface area contributed by atoms with Gasteiger partial charge < -0.3 is 15.3 Å². The first-order valence-electron chi connectivity index (χ1n) is 8.13. The summed E-state index contributed by atoms with van der Waals surface area (Å²) in [6.07, 6.45) is 2.82. The Balaban J connectivity index is 1.44. The number of fused-ring (bicyclic) bond motifs is 2. The molecule has 0 saturated heterocycles. The number of hydrogen-bond donors (Lipinski definition) is 3. The number of para-hydroxylation sites is 1. The van der Waals surface area contributed by atoms with E-state index in [-0.39, 0.29) is 5.91 Å². The standard InChI is InChI=1S/C20H19N3O/c1-13-6-7-14-11-19(23-18(14)10-13)20(24)21-9-8-15-12-22-17-5-3-2-4-16(15)17/h2-7,10-12,22-23H,8-9H2,1H3,(H,21,24). The van der Waals surface area contributed by atoms with Gasteiger partial charge in [-0.3, -0.25) is 4.79 Å². The molecule has 120 valence electrons. The van der Waals surface area contributed by atoms with Gasteiger partial charge in [-0.1, -0.05) is 30.3 Å². The van der Waals surface area contributed by atoms with Gasteiger partial charge in [0.15, 0.2) is 0 Å². The number of H-pyrrole nitrogens is 2. The quantitative estimate of drug-likeness (QED) is 0.525. The Morgan fingerprint density at radius 1 is 1.08 bits per heavy atom. The molecule has 0 spiro atoms. The topological polar surface area (TPSA) is 60.7 Å². The van der Waals surface area contributed by atoms with Gasteiger partial charge in [-0.25, -0.2) is 0 Å². The van der Waals surface area contributed by atoms with Gasteiger partial charge in [0.25, 0.3) is 5.91 Å². The molecule has 3 N–H and O–H groups in total. The molecule has 0 aliphatic heterocycles. The molecule has 2 aromatic heterocycles. The van der Waals surface area contributed by atoms with Crippen molar-refractivity contribution in [2.45, 2.75) is 13.3 Å². The highest BCUT2D eigenvalue weighted by Crippen LogP contribution is 2.18. The summed E-state index contributed by atoms with van der Waals surface area (Å²) in [5.41, 5.74) is 5.13. The van der Waals surface area contributed by atoms with Crippen LogP contribution in [-0.2, 0) is 6.42 Å². The first-order chi connectivity index (χ1) is 11.7. The fourth-order valence-electron chi connectivity index (χ4n) is 3.11. The van der Waals surface area contributed by atoms with Crippen LogP contribution >= 0.6 is 0 Å². The van der Waals surface area contributed by atoms with E-state index < -0.39 is 0 Å². The molecule has 0 unspecified atom stereocenters. The zero-order valence-electron chi connectivity index (χ0n) is 13.5. The number of benzene rings is 2. The van der Waals surface area contributed by atoms with Crippen LogP contribution in [0.2, 0.25) is 0 Å². The Labute approximate surface area is 139 Å². The lowest BCUT2D eigenvalue weighted by molar-refractivity contribution is 0.0950. The minimum absolute atomic E-state index is 0.0660. The van der Waals surface area contributed by atoms with Crippen LogP contribution in [0.25, 0.3) is 21.8 Å². The molecule has 1 amide bonds. The maximum absolute atomic E-state index is 12.3. The lowest BCUT2D eigenvalue weighted by Gasteiger charge is -2.03. The molecule has 4 rings (SSSR count). The van der Waals surface area contributed by atoms with Crippen molar-refractivity contribution < 1.29 is 4.79 Å². The molecule has 0 bridgehead atoms. The number of aryl methyl sites for hydroxylation is 1. The highest BCUT2D eigenvalue weighted by molar-refractivity contribution is 5.98. The number of hydrogen-bond acceptors (Lipinski definition) is 1. The zero-order valence-corrected chi connectivity index (χ0v) is 13.5. The van der Waals surface area contributed by atoms with Crippen molar-refractivity contribution in [2.75, 3.05) is 6.54 Å². The minimum atomic E-state index is -0.0660. The molecule has 4 aromatic rings. The van der Waals surface area contributed by atoms with Gasteiger partial charge in [0.1, 0.15) is 5.69 Å². The van der Waals surface area contributed by atoms with Crippen LogP contribution in [0.5, 0.6) is 0 Å². The van der Waals surface area contributed by atoms with Crippen molar-refractivity contribution in [1.29, 1.82) is 0 Å². The van der Waals surface area contributed by atoms with Crippen molar-refractivity contribution >= 4 is 27.7 Å². The van der Waals surface area contributed by atoms with Crippen molar-refractivity contribution in [2.24, 2.45) is 0 Å². The summed E-state index contributed by atoms with van der Waals surface area (Å²) >= 11 is 0. The fraction of sp³-hybridized carbons (Fsp3) is 0.150. The van der Waals surface area contributed by atoms with Crippen LogP contribution in [0.4, 0.5) is 0 Å². The number of nitrogens with one attached hydrogen (secondary N) is 3. The summed E-state index contributed by atoms with van der Waals surface area (Å²) in [6, 6.07) is 16.2. The summed E-state index contributed by atoms with van der Waals surface area (Å²) in [7, 11) is 0. The van der Waals surface area contributed by atoms with Crippen LogP contribution in [0.3, 0.4) is 0 Å². The molecule has 0 radical (unpaired) electrons. The maximum Gasteiger partial charge on any atom is 0.267 e. The Bertz CT molecular complexity index is 1030. The molecule has 2 aromatic carbocycles. The first-order valence-corrected chi connectivity index (χ1v) is 8.13. The van der Waals surface area contributed by atoms with E-state index >= 15 is 0 Å². The average molecular weight is 317 g/mol.